The van der Waals surface area contributed by atoms with Crippen LogP contribution < -0.4 is 5.32 Å². The van der Waals surface area contributed by atoms with Crippen LogP contribution >= 0.6 is 11.3 Å². The van der Waals surface area contributed by atoms with Crippen molar-refractivity contribution < 1.29 is 0 Å². The van der Waals surface area contributed by atoms with Gasteiger partial charge in [-0.2, -0.15) is 11.3 Å². The highest BCUT2D eigenvalue weighted by Gasteiger charge is 2.37. The first-order valence-corrected chi connectivity index (χ1v) is 7.31. The highest BCUT2D eigenvalue weighted by molar-refractivity contribution is 7.07. The molecule has 2 aliphatic rings. The summed E-state index contributed by atoms with van der Waals surface area (Å²) in [4.78, 5) is 2.66. The third kappa shape index (κ3) is 1.92. The van der Waals surface area contributed by atoms with Crippen LogP contribution in [0, 0.1) is 0 Å². The molecule has 3 rings (SSSR count). The van der Waals surface area contributed by atoms with E-state index in [2.05, 4.69) is 34.0 Å². The van der Waals surface area contributed by atoms with E-state index in [9.17, 15) is 0 Å². The first-order valence-electron chi connectivity index (χ1n) is 6.37. The van der Waals surface area contributed by atoms with Gasteiger partial charge in [0.15, 0.2) is 0 Å². The van der Waals surface area contributed by atoms with Crippen molar-refractivity contribution in [3.8, 4) is 0 Å². The fourth-order valence-corrected chi connectivity index (χ4v) is 3.97. The van der Waals surface area contributed by atoms with Crippen LogP contribution in [-0.2, 0) is 0 Å². The fraction of sp³-hybridized carbons (Fsp3) is 0.692. The smallest absolute Gasteiger partial charge is 0.0303 e. The van der Waals surface area contributed by atoms with E-state index in [0.29, 0.717) is 6.04 Å². The Morgan fingerprint density at radius 3 is 3.19 bits per heavy atom. The Morgan fingerprint density at radius 1 is 1.44 bits per heavy atom. The summed E-state index contributed by atoms with van der Waals surface area (Å²) in [5, 5.41) is 8.25. The van der Waals surface area contributed by atoms with Crippen molar-refractivity contribution in [1.82, 2.24) is 10.2 Å². The molecule has 2 nitrogen and oxygen atoms in total. The highest BCUT2D eigenvalue weighted by Crippen LogP contribution is 2.29. The van der Waals surface area contributed by atoms with Crippen molar-refractivity contribution in [2.45, 2.75) is 44.3 Å². The molecule has 3 atom stereocenters. The number of nitrogens with one attached hydrogen (secondary N) is 1. The molecule has 0 aromatic carbocycles. The van der Waals surface area contributed by atoms with Crippen LogP contribution in [0.4, 0.5) is 0 Å². The van der Waals surface area contributed by atoms with Gasteiger partial charge in [0.05, 0.1) is 0 Å². The van der Waals surface area contributed by atoms with Crippen molar-refractivity contribution in [3.63, 3.8) is 0 Å². The zero-order valence-corrected chi connectivity index (χ0v) is 10.7. The Hall–Kier alpha value is -0.380. The largest absolute Gasteiger partial charge is 0.306 e. The number of thiophene rings is 1. The zero-order chi connectivity index (χ0) is 11.0. The molecule has 1 aromatic rings. The van der Waals surface area contributed by atoms with E-state index in [1.807, 2.05) is 0 Å². The van der Waals surface area contributed by atoms with Gasteiger partial charge in [-0.25, -0.2) is 0 Å². The average molecular weight is 236 g/mol. The molecule has 0 saturated carbocycles. The summed E-state index contributed by atoms with van der Waals surface area (Å²) in [5.74, 6) is 0. The van der Waals surface area contributed by atoms with Gasteiger partial charge in [-0.3, -0.25) is 4.90 Å². The van der Waals surface area contributed by atoms with Crippen molar-refractivity contribution in [1.29, 1.82) is 0 Å². The standard InChI is InChI=1S/C13H20N2S/c1-10(11-5-8-16-9-11)14-12-4-7-15-6-2-3-13(12)15/h5,8-10,12-14H,2-4,6-7H2,1H3. The predicted octanol–water partition coefficient (Wildman–Crippen LogP) is 2.64. The number of nitrogens with zero attached hydrogens (tertiary/aromatic N) is 1. The van der Waals surface area contributed by atoms with E-state index in [4.69, 9.17) is 0 Å². The van der Waals surface area contributed by atoms with E-state index in [1.165, 1.54) is 37.9 Å². The minimum atomic E-state index is 0.511. The summed E-state index contributed by atoms with van der Waals surface area (Å²) in [6.07, 6.45) is 4.13. The van der Waals surface area contributed by atoms with Crippen molar-refractivity contribution in [3.05, 3.63) is 22.4 Å². The van der Waals surface area contributed by atoms with Crippen LogP contribution in [-0.4, -0.2) is 30.1 Å². The molecule has 1 aromatic heterocycles. The lowest BCUT2D eigenvalue weighted by atomic mass is 10.0. The molecule has 3 unspecified atom stereocenters. The van der Waals surface area contributed by atoms with E-state index in [0.717, 1.165) is 12.1 Å². The summed E-state index contributed by atoms with van der Waals surface area (Å²) in [5.41, 5.74) is 1.45. The molecule has 16 heavy (non-hydrogen) atoms. The quantitative estimate of drug-likeness (QED) is 0.868. The lowest BCUT2D eigenvalue weighted by Crippen LogP contribution is -2.40. The average Bonchev–Trinajstić information content (AvgIpc) is 2.94. The Kier molecular flexibility index (Phi) is 3.01. The second kappa shape index (κ2) is 4.47. The summed E-state index contributed by atoms with van der Waals surface area (Å²) in [6, 6.07) is 4.29. The number of hydrogen-bond acceptors (Lipinski definition) is 3. The van der Waals surface area contributed by atoms with Gasteiger partial charge in [-0.1, -0.05) is 0 Å². The maximum atomic E-state index is 3.82. The SMILES string of the molecule is CC(NC1CCN2CCCC12)c1ccsc1. The van der Waals surface area contributed by atoms with Gasteiger partial charge in [-0.15, -0.1) is 0 Å². The van der Waals surface area contributed by atoms with Gasteiger partial charge in [0.2, 0.25) is 0 Å². The molecule has 0 aliphatic carbocycles. The van der Waals surface area contributed by atoms with Crippen LogP contribution in [0.3, 0.4) is 0 Å². The highest BCUT2D eigenvalue weighted by atomic mass is 32.1. The maximum absolute atomic E-state index is 3.82. The van der Waals surface area contributed by atoms with E-state index in [1.54, 1.807) is 11.3 Å². The van der Waals surface area contributed by atoms with Crippen LogP contribution in [0.25, 0.3) is 0 Å². The summed E-state index contributed by atoms with van der Waals surface area (Å²) in [6.45, 7) is 4.92. The normalized spacial score (nSPS) is 31.8. The lowest BCUT2D eigenvalue weighted by molar-refractivity contribution is 0.291. The first kappa shape index (κ1) is 10.8. The molecule has 1 N–H and O–H groups in total. The second-order valence-corrected chi connectivity index (χ2v) is 5.87. The monoisotopic (exact) mass is 236 g/mol. The number of hydrogen-bond donors (Lipinski definition) is 1. The number of fused-ring (bicyclic) bond motifs is 1. The molecule has 0 radical (unpaired) electrons. The predicted molar refractivity (Wildman–Crippen MR) is 68.9 cm³/mol. The van der Waals surface area contributed by atoms with Gasteiger partial charge in [-0.05, 0) is 55.1 Å². The minimum Gasteiger partial charge on any atom is -0.306 e. The molecule has 2 aliphatic heterocycles. The van der Waals surface area contributed by atoms with Gasteiger partial charge >= 0.3 is 0 Å². The van der Waals surface area contributed by atoms with E-state index < -0.39 is 0 Å². The zero-order valence-electron chi connectivity index (χ0n) is 9.86. The molecular formula is C13H20N2S. The lowest BCUT2D eigenvalue weighted by Gasteiger charge is -2.24. The third-order valence-corrected chi connectivity index (χ3v) is 4.81. The maximum Gasteiger partial charge on any atom is 0.0303 e. The van der Waals surface area contributed by atoms with Gasteiger partial charge in [0.1, 0.15) is 0 Å². The Morgan fingerprint density at radius 2 is 2.38 bits per heavy atom. The summed E-state index contributed by atoms with van der Waals surface area (Å²) in [7, 11) is 0. The summed E-state index contributed by atoms with van der Waals surface area (Å²) >= 11 is 1.79. The molecule has 3 heterocycles. The molecular weight excluding hydrogens is 216 g/mol. The van der Waals surface area contributed by atoms with Crippen molar-refractivity contribution in [2.75, 3.05) is 13.1 Å². The molecule has 88 valence electrons. The molecule has 0 amide bonds. The van der Waals surface area contributed by atoms with Crippen LogP contribution in [0.2, 0.25) is 0 Å². The molecule has 3 heteroatoms. The molecule has 0 bridgehead atoms. The molecule has 0 spiro atoms. The van der Waals surface area contributed by atoms with Crippen LogP contribution in [0.15, 0.2) is 16.8 Å². The Labute approximate surface area is 102 Å². The Balaban J connectivity index is 1.62. The fourth-order valence-electron chi connectivity index (χ4n) is 3.22. The van der Waals surface area contributed by atoms with Crippen molar-refractivity contribution in [2.24, 2.45) is 0 Å². The second-order valence-electron chi connectivity index (χ2n) is 5.09. The van der Waals surface area contributed by atoms with Crippen LogP contribution in [0.1, 0.15) is 37.8 Å². The minimum absolute atomic E-state index is 0.511. The number of rotatable bonds is 3. The summed E-state index contributed by atoms with van der Waals surface area (Å²) < 4.78 is 0. The van der Waals surface area contributed by atoms with Gasteiger partial charge in [0.25, 0.3) is 0 Å². The third-order valence-electron chi connectivity index (χ3n) is 4.11. The Bertz CT molecular complexity index is 336. The van der Waals surface area contributed by atoms with Crippen LogP contribution in [0.5, 0.6) is 0 Å². The van der Waals surface area contributed by atoms with E-state index >= 15 is 0 Å². The topological polar surface area (TPSA) is 15.3 Å². The van der Waals surface area contributed by atoms with Crippen molar-refractivity contribution >= 4 is 11.3 Å². The van der Waals surface area contributed by atoms with Gasteiger partial charge < -0.3 is 5.32 Å². The van der Waals surface area contributed by atoms with Gasteiger partial charge in [0, 0.05) is 24.7 Å². The molecule has 2 fully saturated rings. The molecule has 2 saturated heterocycles. The van der Waals surface area contributed by atoms with E-state index in [-0.39, 0.29) is 0 Å². The first-order chi connectivity index (χ1) is 7.84.